The highest BCUT2D eigenvalue weighted by atomic mass is 16.5. The van der Waals surface area contributed by atoms with Crippen LogP contribution < -0.4 is 5.32 Å². The molecule has 1 aromatic heterocycles. The molecule has 2 amide bonds. The van der Waals surface area contributed by atoms with E-state index in [1.165, 1.54) is 11.2 Å². The van der Waals surface area contributed by atoms with Gasteiger partial charge >= 0.3 is 5.97 Å². The molecule has 0 radical (unpaired) electrons. The van der Waals surface area contributed by atoms with Crippen LogP contribution in [-0.2, 0) is 25.5 Å². The topological polar surface area (TPSA) is 88.8 Å². The van der Waals surface area contributed by atoms with Crippen molar-refractivity contribution in [2.45, 2.75) is 31.8 Å². The second-order valence-corrected chi connectivity index (χ2v) is 7.42. The van der Waals surface area contributed by atoms with Gasteiger partial charge in [0.05, 0.1) is 30.7 Å². The Balaban J connectivity index is 1.85. The second kappa shape index (κ2) is 7.48. The van der Waals surface area contributed by atoms with Crippen LogP contribution in [-0.4, -0.2) is 41.4 Å². The first kappa shape index (κ1) is 19.4. The molecule has 4 rings (SSSR count). The molecule has 2 saturated heterocycles. The Morgan fingerprint density at radius 2 is 1.90 bits per heavy atom. The van der Waals surface area contributed by atoms with Crippen LogP contribution in [0.4, 0.5) is 0 Å². The zero-order valence-corrected chi connectivity index (χ0v) is 16.5. The molecule has 0 bridgehead atoms. The molecule has 1 aromatic carbocycles. The summed E-state index contributed by atoms with van der Waals surface area (Å²) in [7, 11) is 0. The first-order chi connectivity index (χ1) is 14.0. The quantitative estimate of drug-likeness (QED) is 0.594. The standard InChI is InChI=1S/C22H24N2O5/c1-3-24-19(25)16-17(20(24)26)22(21(27)28-4-2,13-14-9-6-5-7-10-14)23-18(16)15-11-8-12-29-15/h5-12,16-18,23H,3-4,13H2,1-2H3/t16-,17+,18+,22+/m0/s1. The minimum absolute atomic E-state index is 0.180. The molecule has 2 aromatic rings. The third-order valence-electron chi connectivity index (χ3n) is 5.88. The SMILES string of the molecule is CCOC(=O)[C@]1(Cc2ccccc2)N[C@H](c2ccco2)[C@H]2C(=O)N(CC)C(=O)[C@@H]21. The Hall–Kier alpha value is -2.93. The number of likely N-dealkylation sites (tertiary alicyclic amines) is 1. The number of hydrogen-bond acceptors (Lipinski definition) is 6. The lowest BCUT2D eigenvalue weighted by atomic mass is 9.76. The maximum absolute atomic E-state index is 13.3. The number of benzene rings is 1. The van der Waals surface area contributed by atoms with Gasteiger partial charge in [-0.15, -0.1) is 0 Å². The van der Waals surface area contributed by atoms with Gasteiger partial charge in [-0.3, -0.25) is 24.6 Å². The molecule has 7 heteroatoms. The van der Waals surface area contributed by atoms with E-state index in [9.17, 15) is 14.4 Å². The van der Waals surface area contributed by atoms with Crippen molar-refractivity contribution in [3.8, 4) is 0 Å². The fraction of sp³-hybridized carbons (Fsp3) is 0.409. The van der Waals surface area contributed by atoms with E-state index >= 15 is 0 Å². The highest BCUT2D eigenvalue weighted by Crippen LogP contribution is 2.50. The molecule has 3 heterocycles. The van der Waals surface area contributed by atoms with Crippen LogP contribution in [0.25, 0.3) is 0 Å². The number of fused-ring (bicyclic) bond motifs is 1. The van der Waals surface area contributed by atoms with E-state index in [0.29, 0.717) is 5.76 Å². The lowest BCUT2D eigenvalue weighted by Crippen LogP contribution is -2.58. The summed E-state index contributed by atoms with van der Waals surface area (Å²) in [4.78, 5) is 40.9. The van der Waals surface area contributed by atoms with Crippen molar-refractivity contribution >= 4 is 17.8 Å². The third kappa shape index (κ3) is 2.97. The number of rotatable bonds is 6. The van der Waals surface area contributed by atoms with Crippen LogP contribution in [0, 0.1) is 11.8 Å². The average molecular weight is 396 g/mol. The molecule has 29 heavy (non-hydrogen) atoms. The predicted octanol–water partition coefficient (Wildman–Crippen LogP) is 2.09. The molecule has 7 nitrogen and oxygen atoms in total. The van der Waals surface area contributed by atoms with E-state index in [1.54, 1.807) is 26.0 Å². The minimum Gasteiger partial charge on any atom is -0.468 e. The minimum atomic E-state index is -1.35. The van der Waals surface area contributed by atoms with Crippen molar-refractivity contribution in [2.24, 2.45) is 11.8 Å². The van der Waals surface area contributed by atoms with Crippen LogP contribution in [0.15, 0.2) is 53.1 Å². The summed E-state index contributed by atoms with van der Waals surface area (Å²) in [6, 6.07) is 12.3. The van der Waals surface area contributed by atoms with E-state index in [4.69, 9.17) is 9.15 Å². The number of ether oxygens (including phenoxy) is 1. The van der Waals surface area contributed by atoms with Crippen molar-refractivity contribution in [2.75, 3.05) is 13.2 Å². The summed E-state index contributed by atoms with van der Waals surface area (Å²) in [5.41, 5.74) is -0.474. The van der Waals surface area contributed by atoms with Crippen LogP contribution >= 0.6 is 0 Å². The van der Waals surface area contributed by atoms with Crippen molar-refractivity contribution in [3.05, 3.63) is 60.1 Å². The first-order valence-corrected chi connectivity index (χ1v) is 9.91. The predicted molar refractivity (Wildman–Crippen MR) is 103 cm³/mol. The lowest BCUT2D eigenvalue weighted by Gasteiger charge is -2.32. The molecular formula is C22H24N2O5. The first-order valence-electron chi connectivity index (χ1n) is 9.91. The Morgan fingerprint density at radius 3 is 2.52 bits per heavy atom. The van der Waals surface area contributed by atoms with E-state index < -0.39 is 29.4 Å². The van der Waals surface area contributed by atoms with Crippen molar-refractivity contribution in [3.63, 3.8) is 0 Å². The van der Waals surface area contributed by atoms with Gasteiger partial charge in [-0.2, -0.15) is 0 Å². The smallest absolute Gasteiger partial charge is 0.327 e. The lowest BCUT2D eigenvalue weighted by molar-refractivity contribution is -0.156. The molecule has 0 saturated carbocycles. The summed E-state index contributed by atoms with van der Waals surface area (Å²) in [6.45, 7) is 3.93. The highest BCUT2D eigenvalue weighted by molar-refractivity contribution is 6.09. The monoisotopic (exact) mass is 396 g/mol. The molecule has 4 atom stereocenters. The van der Waals surface area contributed by atoms with Crippen LogP contribution in [0.3, 0.4) is 0 Å². The molecular weight excluding hydrogens is 372 g/mol. The largest absolute Gasteiger partial charge is 0.468 e. The number of amides is 2. The molecule has 0 aliphatic carbocycles. The maximum Gasteiger partial charge on any atom is 0.327 e. The fourth-order valence-corrected chi connectivity index (χ4v) is 4.69. The summed E-state index contributed by atoms with van der Waals surface area (Å²) in [6.07, 6.45) is 1.76. The second-order valence-electron chi connectivity index (χ2n) is 7.42. The molecule has 1 N–H and O–H groups in total. The Bertz CT molecular complexity index is 911. The summed E-state index contributed by atoms with van der Waals surface area (Å²) in [5.74, 6) is -2.19. The number of hydrogen-bond donors (Lipinski definition) is 1. The number of esters is 1. The van der Waals surface area contributed by atoms with E-state index in [-0.39, 0.29) is 31.4 Å². The molecule has 2 aliphatic heterocycles. The number of carbonyl (C=O) groups is 3. The van der Waals surface area contributed by atoms with Crippen molar-refractivity contribution in [1.29, 1.82) is 0 Å². The molecule has 152 valence electrons. The number of carbonyl (C=O) groups excluding carboxylic acids is 3. The Morgan fingerprint density at radius 1 is 1.14 bits per heavy atom. The van der Waals surface area contributed by atoms with Gasteiger partial charge in [0.25, 0.3) is 0 Å². The van der Waals surface area contributed by atoms with E-state index in [1.807, 2.05) is 30.3 Å². The van der Waals surface area contributed by atoms with Crippen LogP contribution in [0.5, 0.6) is 0 Å². The van der Waals surface area contributed by atoms with Gasteiger partial charge in [-0.1, -0.05) is 30.3 Å². The molecule has 0 spiro atoms. The van der Waals surface area contributed by atoms with Gasteiger partial charge in [0, 0.05) is 13.0 Å². The third-order valence-corrected chi connectivity index (χ3v) is 5.88. The average Bonchev–Trinajstić information content (AvgIpc) is 3.41. The van der Waals surface area contributed by atoms with Gasteiger partial charge < -0.3 is 9.15 Å². The number of nitrogens with zero attached hydrogens (tertiary/aromatic N) is 1. The van der Waals surface area contributed by atoms with Gasteiger partial charge in [-0.05, 0) is 31.5 Å². The van der Waals surface area contributed by atoms with Gasteiger partial charge in [0.1, 0.15) is 11.3 Å². The van der Waals surface area contributed by atoms with Gasteiger partial charge in [-0.25, -0.2) is 0 Å². The number of nitrogens with one attached hydrogen (secondary N) is 1. The summed E-state index contributed by atoms with van der Waals surface area (Å²) < 4.78 is 11.0. The van der Waals surface area contributed by atoms with Crippen LogP contribution in [0.2, 0.25) is 0 Å². The normalized spacial score (nSPS) is 28.6. The van der Waals surface area contributed by atoms with Crippen molar-refractivity contribution in [1.82, 2.24) is 10.2 Å². The van der Waals surface area contributed by atoms with Crippen LogP contribution in [0.1, 0.15) is 31.2 Å². The summed E-state index contributed by atoms with van der Waals surface area (Å²) >= 11 is 0. The highest BCUT2D eigenvalue weighted by Gasteiger charge is 2.69. The Kier molecular flexibility index (Phi) is 5.00. The van der Waals surface area contributed by atoms with Gasteiger partial charge in [0.15, 0.2) is 0 Å². The fourth-order valence-electron chi connectivity index (χ4n) is 4.69. The zero-order valence-electron chi connectivity index (χ0n) is 16.5. The number of furan rings is 1. The summed E-state index contributed by atoms with van der Waals surface area (Å²) in [5, 5.41) is 3.31. The molecule has 0 unspecified atom stereocenters. The molecule has 2 aliphatic rings. The zero-order chi connectivity index (χ0) is 20.6. The van der Waals surface area contributed by atoms with Gasteiger partial charge in [0.2, 0.25) is 11.8 Å². The molecule has 2 fully saturated rings. The van der Waals surface area contributed by atoms with Crippen molar-refractivity contribution < 1.29 is 23.5 Å². The van der Waals surface area contributed by atoms with E-state index in [2.05, 4.69) is 5.32 Å². The van der Waals surface area contributed by atoms with E-state index in [0.717, 1.165) is 5.56 Å². The number of imide groups is 1. The maximum atomic E-state index is 13.3. The Labute approximate surface area is 169 Å².